The molecule has 2 amide bonds. The van der Waals surface area contributed by atoms with Gasteiger partial charge in [-0.05, 0) is 25.5 Å². The maximum absolute atomic E-state index is 12.6. The molecular formula is C19H21N2O3+. The molecule has 1 aliphatic heterocycles. The molecule has 5 nitrogen and oxygen atoms in total. The molecule has 0 saturated heterocycles. The van der Waals surface area contributed by atoms with Crippen molar-refractivity contribution in [2.45, 2.75) is 32.7 Å². The van der Waals surface area contributed by atoms with E-state index < -0.39 is 10.7 Å². The Balaban J connectivity index is 2.32. The van der Waals surface area contributed by atoms with Crippen LogP contribution in [0.5, 0.6) is 0 Å². The lowest BCUT2D eigenvalue weighted by Gasteiger charge is -2.46. The summed E-state index contributed by atoms with van der Waals surface area (Å²) in [7, 11) is 0. The number of carbonyl (C=O) groups is 2. The zero-order valence-corrected chi connectivity index (χ0v) is 13.8. The van der Waals surface area contributed by atoms with Gasteiger partial charge in [0.25, 0.3) is 5.91 Å². The lowest BCUT2D eigenvalue weighted by molar-refractivity contribution is -0.119. The number of fused-ring (bicyclic) bond motifs is 1. The van der Waals surface area contributed by atoms with Crippen molar-refractivity contribution in [1.82, 2.24) is 4.59 Å². The number of para-hydroxylation sites is 2. The molecule has 124 valence electrons. The first-order chi connectivity index (χ1) is 11.5. The molecule has 3 rings (SSSR count). The third-order valence-electron chi connectivity index (χ3n) is 4.73. The van der Waals surface area contributed by atoms with Crippen LogP contribution in [0, 0.1) is 0 Å². The summed E-state index contributed by atoms with van der Waals surface area (Å²) < 4.78 is -0.518. The number of carboxylic acid groups (broad SMARTS) is 1. The summed E-state index contributed by atoms with van der Waals surface area (Å²) >= 11 is 0. The molecule has 1 aliphatic rings. The van der Waals surface area contributed by atoms with Crippen LogP contribution < -0.4 is 9.60 Å². The minimum Gasteiger partial charge on any atom is -0.433 e. The zero-order chi connectivity index (χ0) is 17.3. The van der Waals surface area contributed by atoms with E-state index in [1.54, 1.807) is 12.1 Å². The van der Waals surface area contributed by atoms with E-state index in [2.05, 4.69) is 0 Å². The van der Waals surface area contributed by atoms with Crippen LogP contribution in [0.4, 0.5) is 16.2 Å². The van der Waals surface area contributed by atoms with E-state index in [0.717, 1.165) is 12.0 Å². The van der Waals surface area contributed by atoms with Crippen LogP contribution >= 0.6 is 0 Å². The highest BCUT2D eigenvalue weighted by Crippen LogP contribution is 2.41. The van der Waals surface area contributed by atoms with Gasteiger partial charge in [0.2, 0.25) is 0 Å². The molecule has 2 aromatic carbocycles. The number of quaternary nitrogens is 1. The fourth-order valence-corrected chi connectivity index (χ4v) is 3.68. The number of hydrogen-bond acceptors (Lipinski definition) is 2. The largest absolute Gasteiger partial charge is 0.545 e. The summed E-state index contributed by atoms with van der Waals surface area (Å²) in [6.07, 6.45) is 0.458. The molecule has 1 heterocycles. The average molecular weight is 325 g/mol. The minimum absolute atomic E-state index is 0.262. The fourth-order valence-electron chi connectivity index (χ4n) is 3.68. The summed E-state index contributed by atoms with van der Waals surface area (Å²) in [5.74, 6) is -0.299. The quantitative estimate of drug-likeness (QED) is 0.807. The van der Waals surface area contributed by atoms with Crippen LogP contribution in [0.15, 0.2) is 54.6 Å². The monoisotopic (exact) mass is 325 g/mol. The van der Waals surface area contributed by atoms with Gasteiger partial charge in [-0.15, -0.1) is 5.01 Å². The van der Waals surface area contributed by atoms with Gasteiger partial charge in [-0.3, -0.25) is 4.79 Å². The Morgan fingerprint density at radius 3 is 2.33 bits per heavy atom. The molecule has 0 spiro atoms. The van der Waals surface area contributed by atoms with Crippen molar-refractivity contribution < 1.29 is 14.7 Å². The minimum atomic E-state index is -1.05. The van der Waals surface area contributed by atoms with E-state index in [1.165, 1.54) is 11.9 Å². The first-order valence-corrected chi connectivity index (χ1v) is 8.06. The van der Waals surface area contributed by atoms with Crippen LogP contribution in [-0.2, 0) is 11.2 Å². The average Bonchev–Trinajstić information content (AvgIpc) is 2.57. The lowest BCUT2D eigenvalue weighted by Crippen LogP contribution is -2.72. The van der Waals surface area contributed by atoms with Crippen molar-refractivity contribution in [2.24, 2.45) is 0 Å². The number of anilines is 1. The second-order valence-electron chi connectivity index (χ2n) is 6.15. The molecule has 0 saturated carbocycles. The van der Waals surface area contributed by atoms with E-state index in [-0.39, 0.29) is 11.9 Å². The van der Waals surface area contributed by atoms with E-state index in [9.17, 15) is 14.7 Å². The highest BCUT2D eigenvalue weighted by Gasteiger charge is 2.56. The molecule has 2 aromatic rings. The van der Waals surface area contributed by atoms with Gasteiger partial charge < -0.3 is 5.11 Å². The Hall–Kier alpha value is -2.66. The number of carbonyl (C=O) groups excluding carboxylic acids is 1. The second kappa shape index (κ2) is 6.09. The van der Waals surface area contributed by atoms with Crippen LogP contribution in [0.2, 0.25) is 0 Å². The first kappa shape index (κ1) is 16.2. The number of aryl methyl sites for hydroxylation is 1. The van der Waals surface area contributed by atoms with Gasteiger partial charge in [0, 0.05) is 25.0 Å². The number of hydrogen-bond donors (Lipinski definition) is 1. The highest BCUT2D eigenvalue weighted by molar-refractivity contribution is 6.00. The van der Waals surface area contributed by atoms with E-state index >= 15 is 0 Å². The fraction of sp³-hybridized carbons (Fsp3) is 0.263. The summed E-state index contributed by atoms with van der Waals surface area (Å²) in [5, 5.41) is 11.7. The smallest absolute Gasteiger partial charge is 0.433 e. The third-order valence-corrected chi connectivity index (χ3v) is 4.73. The predicted octanol–water partition coefficient (Wildman–Crippen LogP) is 3.97. The van der Waals surface area contributed by atoms with Gasteiger partial charge in [0.15, 0.2) is 5.69 Å². The molecule has 0 unspecified atom stereocenters. The molecule has 0 aliphatic carbocycles. The van der Waals surface area contributed by atoms with Crippen molar-refractivity contribution >= 4 is 23.4 Å². The zero-order valence-electron chi connectivity index (χ0n) is 13.8. The summed E-state index contributed by atoms with van der Waals surface area (Å²) in [5.41, 5.74) is 2.21. The van der Waals surface area contributed by atoms with Gasteiger partial charge in [-0.1, -0.05) is 41.0 Å². The number of amides is 2. The summed E-state index contributed by atoms with van der Waals surface area (Å²) in [6.45, 7) is 3.31. The van der Waals surface area contributed by atoms with Crippen molar-refractivity contribution in [3.8, 4) is 0 Å². The van der Waals surface area contributed by atoms with E-state index in [4.69, 9.17) is 0 Å². The van der Waals surface area contributed by atoms with Gasteiger partial charge in [0.05, 0.1) is 5.69 Å². The molecule has 0 radical (unpaired) electrons. The molecule has 24 heavy (non-hydrogen) atoms. The van der Waals surface area contributed by atoms with Crippen molar-refractivity contribution in [2.75, 3.05) is 5.01 Å². The Bertz CT molecular complexity index is 775. The predicted molar refractivity (Wildman–Crippen MR) is 93.6 cm³/mol. The summed E-state index contributed by atoms with van der Waals surface area (Å²) in [4.78, 5) is 25.1. The van der Waals surface area contributed by atoms with Gasteiger partial charge >= 0.3 is 6.09 Å². The van der Waals surface area contributed by atoms with Gasteiger partial charge in [0.1, 0.15) is 6.04 Å². The molecule has 0 bridgehead atoms. The first-order valence-electron chi connectivity index (χ1n) is 8.06. The maximum Gasteiger partial charge on any atom is 0.545 e. The Kier molecular flexibility index (Phi) is 4.11. The number of rotatable bonds is 1. The Labute approximate surface area is 141 Å². The summed E-state index contributed by atoms with van der Waals surface area (Å²) in [6, 6.07) is 16.2. The van der Waals surface area contributed by atoms with Crippen molar-refractivity contribution in [3.05, 3.63) is 60.2 Å². The maximum atomic E-state index is 12.6. The molecular weight excluding hydrogens is 304 g/mol. The van der Waals surface area contributed by atoms with Crippen LogP contribution in [0.1, 0.15) is 25.8 Å². The third kappa shape index (κ3) is 2.29. The number of nitrogens with zero attached hydrogens (tertiary/aromatic N) is 2. The number of benzene rings is 2. The molecule has 1 N–H and O–H groups in total. The topological polar surface area (TPSA) is 57.6 Å². The van der Waals surface area contributed by atoms with Crippen LogP contribution in [0.3, 0.4) is 0 Å². The van der Waals surface area contributed by atoms with Crippen LogP contribution in [-0.4, -0.2) is 23.1 Å². The van der Waals surface area contributed by atoms with Crippen LogP contribution in [0.25, 0.3) is 0 Å². The normalized spacial score (nSPS) is 22.5. The molecule has 0 aromatic heterocycles. The second-order valence-corrected chi connectivity index (χ2v) is 6.15. The van der Waals surface area contributed by atoms with Crippen molar-refractivity contribution in [1.29, 1.82) is 0 Å². The van der Waals surface area contributed by atoms with E-state index in [1.807, 2.05) is 49.4 Å². The molecule has 5 heteroatoms. The van der Waals surface area contributed by atoms with Gasteiger partial charge in [-0.2, -0.15) is 4.79 Å². The SMILES string of the molecule is CC(=O)N(c1ccccc1)[N@@+]1(C(=O)O)c2ccccc2CC[C@@H]1C. The lowest BCUT2D eigenvalue weighted by atomic mass is 9.95. The highest BCUT2D eigenvalue weighted by atomic mass is 16.4. The Morgan fingerprint density at radius 1 is 1.08 bits per heavy atom. The standard InChI is InChI=1S/C19H20N2O3/c1-14-12-13-16-8-6-7-11-18(16)21(14,19(23)24)20(15(2)22)17-9-4-3-5-10-17/h3-11,14H,12-13H2,1-2H3/p+1/t14-,21+/m0/s1. The Morgan fingerprint density at radius 2 is 1.71 bits per heavy atom. The van der Waals surface area contributed by atoms with Gasteiger partial charge in [-0.25, -0.2) is 0 Å². The molecule has 0 fully saturated rings. The van der Waals surface area contributed by atoms with Crippen molar-refractivity contribution in [3.63, 3.8) is 0 Å². The van der Waals surface area contributed by atoms with E-state index in [0.29, 0.717) is 17.8 Å². The molecule has 2 atom stereocenters.